The smallest absolute Gasteiger partial charge is 0.0959 e. The Bertz CT molecular complexity index is 348. The molecule has 1 aliphatic rings. The molecular formula is C14H22N2S. The van der Waals surface area contributed by atoms with Gasteiger partial charge in [-0.1, -0.05) is 13.0 Å². The van der Waals surface area contributed by atoms with Gasteiger partial charge in [0.05, 0.1) is 5.03 Å². The first kappa shape index (κ1) is 12.9. The number of hydrogen-bond acceptors (Lipinski definition) is 3. The SMILES string of the molecule is CCSc1ccc([C@H]2CCCN2C(C)C)cn1. The molecule has 0 amide bonds. The Morgan fingerprint density at radius 3 is 2.88 bits per heavy atom. The maximum absolute atomic E-state index is 4.54. The molecule has 0 radical (unpaired) electrons. The van der Waals surface area contributed by atoms with Crippen molar-refractivity contribution in [2.75, 3.05) is 12.3 Å². The predicted molar refractivity (Wildman–Crippen MR) is 74.5 cm³/mol. The first-order valence-electron chi connectivity index (χ1n) is 6.57. The Labute approximate surface area is 109 Å². The molecule has 1 saturated heterocycles. The van der Waals surface area contributed by atoms with Crippen LogP contribution in [-0.4, -0.2) is 28.2 Å². The normalized spacial score (nSPS) is 21.3. The van der Waals surface area contributed by atoms with Crippen LogP contribution < -0.4 is 0 Å². The highest BCUT2D eigenvalue weighted by Crippen LogP contribution is 2.33. The predicted octanol–water partition coefficient (Wildman–Crippen LogP) is 3.74. The maximum atomic E-state index is 4.54. The van der Waals surface area contributed by atoms with Crippen LogP contribution in [0.25, 0.3) is 0 Å². The standard InChI is InChI=1S/C14H22N2S/c1-4-17-14-8-7-12(10-15-14)13-6-5-9-16(13)11(2)3/h7-8,10-11,13H,4-6,9H2,1-3H3/t13-/m1/s1. The molecule has 0 N–H and O–H groups in total. The van der Waals surface area contributed by atoms with Crippen molar-refractivity contribution in [3.63, 3.8) is 0 Å². The Morgan fingerprint density at radius 2 is 2.29 bits per heavy atom. The van der Waals surface area contributed by atoms with Crippen molar-refractivity contribution in [2.45, 2.75) is 50.7 Å². The Morgan fingerprint density at radius 1 is 1.47 bits per heavy atom. The van der Waals surface area contributed by atoms with E-state index in [0.29, 0.717) is 12.1 Å². The van der Waals surface area contributed by atoms with Gasteiger partial charge in [-0.25, -0.2) is 4.98 Å². The zero-order valence-electron chi connectivity index (χ0n) is 11.0. The van der Waals surface area contributed by atoms with E-state index in [9.17, 15) is 0 Å². The van der Waals surface area contributed by atoms with E-state index < -0.39 is 0 Å². The lowest BCUT2D eigenvalue weighted by molar-refractivity contribution is 0.205. The van der Waals surface area contributed by atoms with Crippen LogP contribution in [-0.2, 0) is 0 Å². The maximum Gasteiger partial charge on any atom is 0.0959 e. The van der Waals surface area contributed by atoms with Crippen molar-refractivity contribution in [1.82, 2.24) is 9.88 Å². The number of aromatic nitrogens is 1. The molecule has 2 nitrogen and oxygen atoms in total. The molecule has 0 aromatic carbocycles. The average molecular weight is 250 g/mol. The highest BCUT2D eigenvalue weighted by atomic mass is 32.2. The Balaban J connectivity index is 2.11. The molecule has 94 valence electrons. The van der Waals surface area contributed by atoms with Crippen molar-refractivity contribution >= 4 is 11.8 Å². The van der Waals surface area contributed by atoms with Crippen LogP contribution in [0.1, 0.15) is 45.2 Å². The largest absolute Gasteiger partial charge is 0.294 e. The zero-order valence-corrected chi connectivity index (χ0v) is 11.8. The van der Waals surface area contributed by atoms with Crippen LogP contribution >= 0.6 is 11.8 Å². The van der Waals surface area contributed by atoms with Gasteiger partial charge in [-0.2, -0.15) is 0 Å². The third-order valence-electron chi connectivity index (χ3n) is 3.39. The third-order valence-corrected chi connectivity index (χ3v) is 4.22. The summed E-state index contributed by atoms with van der Waals surface area (Å²) in [4.78, 5) is 7.13. The number of likely N-dealkylation sites (tertiary alicyclic amines) is 1. The Kier molecular flexibility index (Phi) is 4.46. The van der Waals surface area contributed by atoms with Gasteiger partial charge < -0.3 is 0 Å². The van der Waals surface area contributed by atoms with Gasteiger partial charge in [-0.15, -0.1) is 11.8 Å². The number of hydrogen-bond donors (Lipinski definition) is 0. The molecular weight excluding hydrogens is 228 g/mol. The molecule has 0 saturated carbocycles. The van der Waals surface area contributed by atoms with Crippen molar-refractivity contribution in [1.29, 1.82) is 0 Å². The van der Waals surface area contributed by atoms with Crippen LogP contribution in [0.3, 0.4) is 0 Å². The van der Waals surface area contributed by atoms with E-state index in [1.807, 2.05) is 11.8 Å². The van der Waals surface area contributed by atoms with Crippen LogP contribution in [0.4, 0.5) is 0 Å². The molecule has 0 spiro atoms. The summed E-state index contributed by atoms with van der Waals surface area (Å²) in [5, 5.41) is 1.14. The van der Waals surface area contributed by atoms with Crippen molar-refractivity contribution in [3.05, 3.63) is 23.9 Å². The van der Waals surface area contributed by atoms with E-state index in [1.165, 1.54) is 24.9 Å². The molecule has 1 aromatic heterocycles. The molecule has 3 heteroatoms. The van der Waals surface area contributed by atoms with Gasteiger partial charge in [0.1, 0.15) is 0 Å². The molecule has 1 fully saturated rings. The monoisotopic (exact) mass is 250 g/mol. The van der Waals surface area contributed by atoms with Gasteiger partial charge in [-0.3, -0.25) is 4.90 Å². The van der Waals surface area contributed by atoms with Gasteiger partial charge in [0, 0.05) is 18.3 Å². The van der Waals surface area contributed by atoms with Crippen LogP contribution in [0.5, 0.6) is 0 Å². The molecule has 1 aromatic rings. The van der Waals surface area contributed by atoms with Crippen LogP contribution in [0, 0.1) is 0 Å². The first-order valence-corrected chi connectivity index (χ1v) is 7.55. The van der Waals surface area contributed by atoms with Crippen molar-refractivity contribution in [2.24, 2.45) is 0 Å². The van der Waals surface area contributed by atoms with E-state index >= 15 is 0 Å². The first-order chi connectivity index (χ1) is 8.22. The van der Waals surface area contributed by atoms with Crippen molar-refractivity contribution < 1.29 is 0 Å². The van der Waals surface area contributed by atoms with Crippen molar-refractivity contribution in [3.8, 4) is 0 Å². The second kappa shape index (κ2) is 5.87. The summed E-state index contributed by atoms with van der Waals surface area (Å²) < 4.78 is 0. The van der Waals surface area contributed by atoms with Gasteiger partial charge in [-0.05, 0) is 50.6 Å². The highest BCUT2D eigenvalue weighted by Gasteiger charge is 2.27. The minimum atomic E-state index is 0.586. The molecule has 1 atom stereocenters. The average Bonchev–Trinajstić information content (AvgIpc) is 2.79. The summed E-state index contributed by atoms with van der Waals surface area (Å²) in [5.74, 6) is 1.09. The van der Waals surface area contributed by atoms with Gasteiger partial charge >= 0.3 is 0 Å². The summed E-state index contributed by atoms with van der Waals surface area (Å²) in [6, 6.07) is 5.65. The van der Waals surface area contributed by atoms with E-state index in [4.69, 9.17) is 0 Å². The minimum absolute atomic E-state index is 0.586. The number of rotatable bonds is 4. The topological polar surface area (TPSA) is 16.1 Å². The fourth-order valence-electron chi connectivity index (χ4n) is 2.59. The molecule has 17 heavy (non-hydrogen) atoms. The van der Waals surface area contributed by atoms with Crippen LogP contribution in [0.2, 0.25) is 0 Å². The second-order valence-electron chi connectivity index (χ2n) is 4.85. The summed E-state index contributed by atoms with van der Waals surface area (Å²) in [6.45, 7) is 7.96. The molecule has 0 unspecified atom stereocenters. The van der Waals surface area contributed by atoms with E-state index in [0.717, 1.165) is 10.8 Å². The van der Waals surface area contributed by atoms with E-state index in [1.54, 1.807) is 0 Å². The fraction of sp³-hybridized carbons (Fsp3) is 0.643. The number of pyridine rings is 1. The minimum Gasteiger partial charge on any atom is -0.294 e. The Hall–Kier alpha value is -0.540. The third kappa shape index (κ3) is 3.02. The second-order valence-corrected chi connectivity index (χ2v) is 6.14. The van der Waals surface area contributed by atoms with Crippen LogP contribution in [0.15, 0.2) is 23.4 Å². The zero-order chi connectivity index (χ0) is 12.3. The van der Waals surface area contributed by atoms with Gasteiger partial charge in [0.25, 0.3) is 0 Å². The summed E-state index contributed by atoms with van der Waals surface area (Å²) in [7, 11) is 0. The lowest BCUT2D eigenvalue weighted by Gasteiger charge is -2.28. The van der Waals surface area contributed by atoms with E-state index in [-0.39, 0.29) is 0 Å². The molecule has 0 aliphatic carbocycles. The summed E-state index contributed by atoms with van der Waals surface area (Å²) >= 11 is 1.81. The highest BCUT2D eigenvalue weighted by molar-refractivity contribution is 7.99. The molecule has 1 aliphatic heterocycles. The molecule has 2 heterocycles. The summed E-state index contributed by atoms with van der Waals surface area (Å²) in [5.41, 5.74) is 1.39. The lowest BCUT2D eigenvalue weighted by atomic mass is 10.1. The van der Waals surface area contributed by atoms with E-state index in [2.05, 4.69) is 49.0 Å². The molecule has 0 bridgehead atoms. The quantitative estimate of drug-likeness (QED) is 0.757. The number of nitrogens with zero attached hydrogens (tertiary/aromatic N) is 2. The summed E-state index contributed by atoms with van der Waals surface area (Å²) in [6.07, 6.45) is 4.66. The van der Waals surface area contributed by atoms with Gasteiger partial charge in [0.2, 0.25) is 0 Å². The number of thioether (sulfide) groups is 1. The molecule has 2 rings (SSSR count). The lowest BCUT2D eigenvalue weighted by Crippen LogP contribution is -2.30. The fourth-order valence-corrected chi connectivity index (χ4v) is 3.17. The van der Waals surface area contributed by atoms with Gasteiger partial charge in [0.15, 0.2) is 0 Å².